The molecule has 1 fully saturated rings. The average Bonchev–Trinajstić information content (AvgIpc) is 2.49. The maximum absolute atomic E-state index is 10.2. The largest absolute Gasteiger partial charge is 0.384 e. The number of aliphatic hydroxyl groups is 1. The first kappa shape index (κ1) is 10.1. The van der Waals surface area contributed by atoms with Crippen molar-refractivity contribution in [2.75, 3.05) is 6.61 Å². The molecule has 2 rings (SSSR count). The fraction of sp³-hybridized carbons (Fsp3) is 0.636. The lowest BCUT2D eigenvalue weighted by Crippen LogP contribution is -2.45. The van der Waals surface area contributed by atoms with Crippen LogP contribution in [0.5, 0.6) is 0 Å². The minimum Gasteiger partial charge on any atom is -0.384 e. The second-order valence-corrected chi connectivity index (χ2v) is 5.22. The highest BCUT2D eigenvalue weighted by atomic mass is 32.1. The Balaban J connectivity index is 2.00. The first-order valence-electron chi connectivity index (χ1n) is 5.05. The molecule has 0 unspecified atom stereocenters. The molecule has 0 aromatic carbocycles. The van der Waals surface area contributed by atoms with E-state index < -0.39 is 5.60 Å². The highest BCUT2D eigenvalue weighted by Crippen LogP contribution is 2.45. The van der Waals surface area contributed by atoms with Crippen LogP contribution in [-0.2, 0) is 10.3 Å². The predicted molar refractivity (Wildman–Crippen MR) is 57.6 cm³/mol. The highest BCUT2D eigenvalue weighted by molar-refractivity contribution is 7.12. The van der Waals surface area contributed by atoms with Crippen molar-refractivity contribution < 1.29 is 9.84 Å². The van der Waals surface area contributed by atoms with Gasteiger partial charge >= 0.3 is 0 Å². The van der Waals surface area contributed by atoms with E-state index in [-0.39, 0.29) is 6.10 Å². The molecule has 14 heavy (non-hydrogen) atoms. The van der Waals surface area contributed by atoms with E-state index in [1.54, 1.807) is 11.3 Å². The van der Waals surface area contributed by atoms with Gasteiger partial charge in [0.15, 0.2) is 0 Å². The normalized spacial score (nSPS) is 31.5. The molecule has 0 spiro atoms. The van der Waals surface area contributed by atoms with Crippen molar-refractivity contribution in [3.05, 3.63) is 21.9 Å². The molecule has 1 aliphatic carbocycles. The van der Waals surface area contributed by atoms with Crippen LogP contribution in [0.15, 0.2) is 12.1 Å². The van der Waals surface area contributed by atoms with Crippen LogP contribution in [0, 0.1) is 6.92 Å². The van der Waals surface area contributed by atoms with Crippen LogP contribution in [0.3, 0.4) is 0 Å². The smallest absolute Gasteiger partial charge is 0.104 e. The molecule has 1 aliphatic rings. The summed E-state index contributed by atoms with van der Waals surface area (Å²) >= 11 is 1.69. The van der Waals surface area contributed by atoms with Gasteiger partial charge < -0.3 is 9.84 Å². The Kier molecular flexibility index (Phi) is 2.64. The topological polar surface area (TPSA) is 29.5 Å². The molecule has 1 N–H and O–H groups in total. The van der Waals surface area contributed by atoms with E-state index in [0.717, 1.165) is 24.3 Å². The van der Waals surface area contributed by atoms with Gasteiger partial charge in [-0.15, -0.1) is 11.3 Å². The summed E-state index contributed by atoms with van der Waals surface area (Å²) in [6.07, 6.45) is 1.76. The lowest BCUT2D eigenvalue weighted by atomic mass is 9.76. The number of hydrogen-bond donors (Lipinski definition) is 1. The average molecular weight is 212 g/mol. The Labute approximate surface area is 88.5 Å². The van der Waals surface area contributed by atoms with Crippen LogP contribution in [0.4, 0.5) is 0 Å². The molecule has 0 atom stereocenters. The van der Waals surface area contributed by atoms with E-state index in [1.807, 2.05) is 13.0 Å². The van der Waals surface area contributed by atoms with E-state index in [0.29, 0.717) is 0 Å². The fourth-order valence-corrected chi connectivity index (χ4v) is 2.91. The van der Waals surface area contributed by atoms with Crippen LogP contribution >= 0.6 is 11.3 Å². The van der Waals surface area contributed by atoms with Gasteiger partial charge in [0, 0.05) is 29.2 Å². The molecule has 0 saturated heterocycles. The van der Waals surface area contributed by atoms with Crippen molar-refractivity contribution in [2.24, 2.45) is 0 Å². The Hall–Kier alpha value is -0.380. The number of aryl methyl sites for hydroxylation is 1. The molecule has 1 aromatic rings. The van der Waals surface area contributed by atoms with E-state index in [1.165, 1.54) is 4.88 Å². The number of thiophene rings is 1. The van der Waals surface area contributed by atoms with Crippen LogP contribution in [-0.4, -0.2) is 17.8 Å². The third kappa shape index (κ3) is 1.72. The summed E-state index contributed by atoms with van der Waals surface area (Å²) in [6, 6.07) is 4.09. The molecule has 1 saturated carbocycles. The van der Waals surface area contributed by atoms with Crippen molar-refractivity contribution in [1.29, 1.82) is 0 Å². The van der Waals surface area contributed by atoms with Gasteiger partial charge in [-0.25, -0.2) is 0 Å². The van der Waals surface area contributed by atoms with E-state index >= 15 is 0 Å². The number of ether oxygens (including phenoxy) is 1. The van der Waals surface area contributed by atoms with E-state index in [4.69, 9.17) is 4.74 Å². The maximum atomic E-state index is 10.2. The third-order valence-electron chi connectivity index (χ3n) is 2.73. The van der Waals surface area contributed by atoms with Crippen molar-refractivity contribution in [1.82, 2.24) is 0 Å². The van der Waals surface area contributed by atoms with Gasteiger partial charge in [-0.2, -0.15) is 0 Å². The Morgan fingerprint density at radius 1 is 1.57 bits per heavy atom. The second kappa shape index (κ2) is 3.65. The number of rotatable bonds is 3. The van der Waals surface area contributed by atoms with Crippen molar-refractivity contribution in [3.8, 4) is 0 Å². The van der Waals surface area contributed by atoms with Crippen molar-refractivity contribution >= 4 is 11.3 Å². The molecule has 0 radical (unpaired) electrons. The van der Waals surface area contributed by atoms with E-state index in [2.05, 4.69) is 13.0 Å². The zero-order chi connectivity index (χ0) is 10.2. The SMILES string of the molecule is CCOC1CC(O)(c2ccc(C)s2)C1. The first-order chi connectivity index (χ1) is 6.64. The van der Waals surface area contributed by atoms with Crippen molar-refractivity contribution in [2.45, 2.75) is 38.4 Å². The summed E-state index contributed by atoms with van der Waals surface area (Å²) in [7, 11) is 0. The monoisotopic (exact) mass is 212 g/mol. The van der Waals surface area contributed by atoms with Gasteiger partial charge in [-0.3, -0.25) is 0 Å². The molecule has 1 aromatic heterocycles. The lowest BCUT2D eigenvalue weighted by Gasteiger charge is -2.42. The van der Waals surface area contributed by atoms with Gasteiger partial charge in [-0.1, -0.05) is 0 Å². The molecule has 3 heteroatoms. The van der Waals surface area contributed by atoms with Gasteiger partial charge in [0.1, 0.15) is 5.60 Å². The van der Waals surface area contributed by atoms with Crippen LogP contribution in [0.25, 0.3) is 0 Å². The van der Waals surface area contributed by atoms with Crippen LogP contribution in [0.2, 0.25) is 0 Å². The van der Waals surface area contributed by atoms with E-state index in [9.17, 15) is 5.11 Å². The molecular weight excluding hydrogens is 196 g/mol. The Bertz CT molecular complexity index is 313. The Morgan fingerprint density at radius 2 is 2.29 bits per heavy atom. The molecule has 0 amide bonds. The lowest BCUT2D eigenvalue weighted by molar-refractivity contribution is -0.140. The maximum Gasteiger partial charge on any atom is 0.104 e. The first-order valence-corrected chi connectivity index (χ1v) is 5.86. The molecule has 1 heterocycles. The van der Waals surface area contributed by atoms with Gasteiger partial charge in [0.05, 0.1) is 6.10 Å². The second-order valence-electron chi connectivity index (χ2n) is 3.93. The molecule has 78 valence electrons. The summed E-state index contributed by atoms with van der Waals surface area (Å²) in [4.78, 5) is 2.35. The Morgan fingerprint density at radius 3 is 2.79 bits per heavy atom. The quantitative estimate of drug-likeness (QED) is 0.834. The third-order valence-corrected chi connectivity index (χ3v) is 3.93. The summed E-state index contributed by atoms with van der Waals surface area (Å²) in [5.41, 5.74) is -0.598. The molecular formula is C11H16O2S. The summed E-state index contributed by atoms with van der Waals surface area (Å²) < 4.78 is 5.45. The summed E-state index contributed by atoms with van der Waals surface area (Å²) in [5, 5.41) is 10.2. The minimum atomic E-state index is -0.598. The molecule has 2 nitrogen and oxygen atoms in total. The van der Waals surface area contributed by atoms with Crippen LogP contribution < -0.4 is 0 Å². The molecule has 0 aliphatic heterocycles. The van der Waals surface area contributed by atoms with Gasteiger partial charge in [0.2, 0.25) is 0 Å². The van der Waals surface area contributed by atoms with Gasteiger partial charge in [0.25, 0.3) is 0 Å². The standard InChI is InChI=1S/C11H16O2S/c1-3-13-9-6-11(12,7-9)10-5-4-8(2)14-10/h4-5,9,12H,3,6-7H2,1-2H3. The zero-order valence-corrected chi connectivity index (χ0v) is 9.43. The molecule has 0 bridgehead atoms. The fourth-order valence-electron chi connectivity index (χ4n) is 1.93. The number of hydrogen-bond acceptors (Lipinski definition) is 3. The van der Waals surface area contributed by atoms with Gasteiger partial charge in [-0.05, 0) is 26.0 Å². The zero-order valence-electron chi connectivity index (χ0n) is 8.62. The van der Waals surface area contributed by atoms with Crippen molar-refractivity contribution in [3.63, 3.8) is 0 Å². The highest BCUT2D eigenvalue weighted by Gasteiger charge is 2.45. The summed E-state index contributed by atoms with van der Waals surface area (Å²) in [5.74, 6) is 0. The summed E-state index contributed by atoms with van der Waals surface area (Å²) in [6.45, 7) is 4.80. The van der Waals surface area contributed by atoms with Crippen LogP contribution in [0.1, 0.15) is 29.5 Å². The minimum absolute atomic E-state index is 0.257. The predicted octanol–water partition coefficient (Wildman–Crippen LogP) is 2.44.